The topological polar surface area (TPSA) is 79.9 Å². The summed E-state index contributed by atoms with van der Waals surface area (Å²) in [5.74, 6) is 1.59. The maximum absolute atomic E-state index is 9.76. The summed E-state index contributed by atoms with van der Waals surface area (Å²) < 4.78 is 5.37. The Labute approximate surface area is 178 Å². The van der Waals surface area contributed by atoms with Gasteiger partial charge < -0.3 is 20.9 Å². The summed E-state index contributed by atoms with van der Waals surface area (Å²) in [4.78, 5) is 4.69. The van der Waals surface area contributed by atoms with Crippen LogP contribution in [0.4, 0.5) is 0 Å². The summed E-state index contributed by atoms with van der Waals surface area (Å²) >= 11 is 0. The highest BCUT2D eigenvalue weighted by Gasteiger charge is 2.29. The predicted octanol–water partition coefficient (Wildman–Crippen LogP) is 4.05. The largest absolute Gasteiger partial charge is 0.508 e. The van der Waals surface area contributed by atoms with Crippen LogP contribution in [0.25, 0.3) is 0 Å². The van der Waals surface area contributed by atoms with E-state index in [0.717, 1.165) is 22.4 Å². The SMILES string of the molecule is COc1cccc(CC(C)(NCc2cccc(O)c2)C(N)=NCc2ccccc2)c1. The van der Waals surface area contributed by atoms with E-state index in [9.17, 15) is 5.11 Å². The van der Waals surface area contributed by atoms with Crippen LogP contribution in [-0.2, 0) is 19.5 Å². The zero-order valence-electron chi connectivity index (χ0n) is 17.5. The molecule has 3 rings (SSSR count). The van der Waals surface area contributed by atoms with Crippen molar-refractivity contribution >= 4 is 5.84 Å². The number of nitrogens with two attached hydrogens (primary N) is 1. The van der Waals surface area contributed by atoms with Crippen molar-refractivity contribution in [1.29, 1.82) is 0 Å². The summed E-state index contributed by atoms with van der Waals surface area (Å²) in [6.45, 7) is 3.13. The first-order chi connectivity index (χ1) is 14.5. The van der Waals surface area contributed by atoms with Crippen LogP contribution in [0.5, 0.6) is 11.5 Å². The first kappa shape index (κ1) is 21.4. The second-order valence-corrected chi connectivity index (χ2v) is 7.57. The molecule has 0 saturated heterocycles. The molecule has 5 nitrogen and oxygen atoms in total. The van der Waals surface area contributed by atoms with Gasteiger partial charge in [-0.2, -0.15) is 0 Å². The number of rotatable bonds is 9. The maximum atomic E-state index is 9.76. The number of ether oxygens (including phenoxy) is 1. The monoisotopic (exact) mass is 403 g/mol. The van der Waals surface area contributed by atoms with Crippen LogP contribution in [0.2, 0.25) is 0 Å². The lowest BCUT2D eigenvalue weighted by atomic mass is 9.90. The molecule has 0 fully saturated rings. The molecule has 0 heterocycles. The zero-order chi connectivity index (χ0) is 21.4. The van der Waals surface area contributed by atoms with Crippen LogP contribution >= 0.6 is 0 Å². The van der Waals surface area contributed by atoms with Crippen molar-refractivity contribution in [2.45, 2.75) is 32.0 Å². The fourth-order valence-electron chi connectivity index (χ4n) is 3.33. The van der Waals surface area contributed by atoms with Crippen molar-refractivity contribution in [2.24, 2.45) is 10.7 Å². The van der Waals surface area contributed by atoms with E-state index in [1.54, 1.807) is 19.2 Å². The number of nitrogens with zero attached hydrogens (tertiary/aromatic N) is 1. The first-order valence-electron chi connectivity index (χ1n) is 9.99. The Morgan fingerprint density at radius 1 is 0.967 bits per heavy atom. The van der Waals surface area contributed by atoms with Gasteiger partial charge in [0, 0.05) is 6.54 Å². The molecule has 0 aliphatic rings. The molecule has 0 saturated carbocycles. The summed E-state index contributed by atoms with van der Waals surface area (Å²) in [5, 5.41) is 13.3. The van der Waals surface area contributed by atoms with Gasteiger partial charge in [0.2, 0.25) is 0 Å². The predicted molar refractivity (Wildman–Crippen MR) is 122 cm³/mol. The number of benzene rings is 3. The number of hydrogen-bond acceptors (Lipinski definition) is 4. The third-order valence-electron chi connectivity index (χ3n) is 5.13. The van der Waals surface area contributed by atoms with E-state index in [1.165, 1.54) is 0 Å². The van der Waals surface area contributed by atoms with Gasteiger partial charge in [-0.15, -0.1) is 0 Å². The van der Waals surface area contributed by atoms with E-state index in [2.05, 4.69) is 23.3 Å². The molecule has 3 aromatic rings. The summed E-state index contributed by atoms with van der Waals surface area (Å²) in [7, 11) is 1.66. The molecule has 0 spiro atoms. The van der Waals surface area contributed by atoms with Gasteiger partial charge in [-0.25, -0.2) is 0 Å². The van der Waals surface area contributed by atoms with Crippen molar-refractivity contribution in [3.8, 4) is 11.5 Å². The second kappa shape index (κ2) is 9.94. The lowest BCUT2D eigenvalue weighted by Crippen LogP contribution is -2.54. The van der Waals surface area contributed by atoms with E-state index in [-0.39, 0.29) is 5.75 Å². The fraction of sp³-hybridized carbons (Fsp3) is 0.240. The molecule has 4 N–H and O–H groups in total. The molecule has 0 radical (unpaired) electrons. The third-order valence-corrected chi connectivity index (χ3v) is 5.13. The van der Waals surface area contributed by atoms with E-state index in [1.807, 2.05) is 60.7 Å². The van der Waals surface area contributed by atoms with Gasteiger partial charge in [-0.05, 0) is 54.3 Å². The minimum atomic E-state index is -0.577. The molecule has 156 valence electrons. The van der Waals surface area contributed by atoms with Gasteiger partial charge in [-0.1, -0.05) is 54.6 Å². The molecular weight excluding hydrogens is 374 g/mol. The summed E-state index contributed by atoms with van der Waals surface area (Å²) in [5.41, 5.74) is 9.12. The number of phenols is 1. The maximum Gasteiger partial charge on any atom is 0.119 e. The van der Waals surface area contributed by atoms with E-state index in [0.29, 0.717) is 25.3 Å². The number of aromatic hydroxyl groups is 1. The average Bonchev–Trinajstić information content (AvgIpc) is 2.77. The highest BCUT2D eigenvalue weighted by Crippen LogP contribution is 2.20. The molecule has 0 aliphatic heterocycles. The Morgan fingerprint density at radius 3 is 2.40 bits per heavy atom. The molecule has 30 heavy (non-hydrogen) atoms. The molecular formula is C25H29N3O2. The van der Waals surface area contributed by atoms with Crippen LogP contribution in [0.15, 0.2) is 83.9 Å². The van der Waals surface area contributed by atoms with Crippen molar-refractivity contribution in [3.05, 3.63) is 95.6 Å². The van der Waals surface area contributed by atoms with Crippen LogP contribution < -0.4 is 15.8 Å². The van der Waals surface area contributed by atoms with Crippen LogP contribution in [-0.4, -0.2) is 23.6 Å². The minimum absolute atomic E-state index is 0.245. The summed E-state index contributed by atoms with van der Waals surface area (Å²) in [6, 6.07) is 25.2. The number of nitrogens with one attached hydrogen (secondary N) is 1. The van der Waals surface area contributed by atoms with Crippen molar-refractivity contribution in [2.75, 3.05) is 7.11 Å². The van der Waals surface area contributed by atoms with Crippen LogP contribution in [0.3, 0.4) is 0 Å². The number of methoxy groups -OCH3 is 1. The van der Waals surface area contributed by atoms with E-state index < -0.39 is 5.54 Å². The van der Waals surface area contributed by atoms with E-state index >= 15 is 0 Å². The van der Waals surface area contributed by atoms with Gasteiger partial charge in [0.25, 0.3) is 0 Å². The average molecular weight is 404 g/mol. The Balaban J connectivity index is 1.83. The third kappa shape index (κ3) is 5.84. The van der Waals surface area contributed by atoms with Crippen molar-refractivity contribution in [1.82, 2.24) is 5.32 Å². The molecule has 1 atom stereocenters. The van der Waals surface area contributed by atoms with Gasteiger partial charge in [0.1, 0.15) is 17.3 Å². The quantitative estimate of drug-likeness (QED) is 0.372. The number of aliphatic imine (C=N–C) groups is 1. The van der Waals surface area contributed by atoms with Crippen molar-refractivity contribution < 1.29 is 9.84 Å². The number of hydrogen-bond donors (Lipinski definition) is 3. The molecule has 0 bridgehead atoms. The lowest BCUT2D eigenvalue weighted by molar-refractivity contribution is 0.412. The molecule has 0 aromatic heterocycles. The Morgan fingerprint density at radius 2 is 1.67 bits per heavy atom. The smallest absolute Gasteiger partial charge is 0.119 e. The standard InChI is InChI=1S/C25H29N3O2/c1-25(16-20-10-7-13-23(15-20)30-2,28-18-21-11-6-12-22(29)14-21)24(26)27-17-19-8-4-3-5-9-19/h3-15,28-29H,16-18H2,1-2H3,(H2,26,27). The Kier molecular flexibility index (Phi) is 7.09. The molecule has 0 amide bonds. The minimum Gasteiger partial charge on any atom is -0.508 e. The van der Waals surface area contributed by atoms with E-state index in [4.69, 9.17) is 10.5 Å². The second-order valence-electron chi connectivity index (χ2n) is 7.57. The van der Waals surface area contributed by atoms with Crippen LogP contribution in [0, 0.1) is 0 Å². The molecule has 3 aromatic carbocycles. The normalized spacial score (nSPS) is 13.6. The fourth-order valence-corrected chi connectivity index (χ4v) is 3.33. The Hall–Kier alpha value is -3.31. The van der Waals surface area contributed by atoms with Crippen molar-refractivity contribution in [3.63, 3.8) is 0 Å². The lowest BCUT2D eigenvalue weighted by Gasteiger charge is -2.31. The zero-order valence-corrected chi connectivity index (χ0v) is 17.5. The van der Waals surface area contributed by atoms with Crippen LogP contribution in [0.1, 0.15) is 23.6 Å². The molecule has 1 unspecified atom stereocenters. The first-order valence-corrected chi connectivity index (χ1v) is 9.99. The Bertz CT molecular complexity index is 988. The number of amidine groups is 1. The van der Waals surface area contributed by atoms with Gasteiger partial charge >= 0.3 is 0 Å². The van der Waals surface area contributed by atoms with Gasteiger partial charge in [0.05, 0.1) is 19.2 Å². The highest BCUT2D eigenvalue weighted by atomic mass is 16.5. The molecule has 5 heteroatoms. The summed E-state index contributed by atoms with van der Waals surface area (Å²) in [6.07, 6.45) is 0.646. The number of phenolic OH excluding ortho intramolecular Hbond substituents is 1. The highest BCUT2D eigenvalue weighted by molar-refractivity contribution is 5.90. The van der Waals surface area contributed by atoms with Gasteiger partial charge in [0.15, 0.2) is 0 Å². The van der Waals surface area contributed by atoms with Gasteiger partial charge in [-0.3, -0.25) is 4.99 Å². The molecule has 0 aliphatic carbocycles.